The zero-order chi connectivity index (χ0) is 39.7. The van der Waals surface area contributed by atoms with Crippen molar-refractivity contribution in [2.24, 2.45) is 0 Å². The molecule has 0 radical (unpaired) electrons. The summed E-state index contributed by atoms with van der Waals surface area (Å²) in [6.45, 7) is 11.4. The van der Waals surface area contributed by atoms with Crippen LogP contribution in [0.2, 0.25) is 0 Å². The fourth-order valence-corrected chi connectivity index (χ4v) is 10.0. The number of pyridine rings is 1. The Balaban J connectivity index is 0.825. The Kier molecular flexibility index (Phi) is 9.50. The molecule has 5 aromatic rings. The zero-order valence-corrected chi connectivity index (χ0v) is 33.8. The molecule has 0 spiro atoms. The number of amides is 2. The van der Waals surface area contributed by atoms with Gasteiger partial charge in [-0.15, -0.1) is 0 Å². The summed E-state index contributed by atoms with van der Waals surface area (Å²) < 4.78 is 33.3. The maximum Gasteiger partial charge on any atom is 0.281 e. The van der Waals surface area contributed by atoms with Crippen LogP contribution in [0.4, 0.5) is 20.3 Å². The highest BCUT2D eigenvalue weighted by Gasteiger charge is 2.40. The molecule has 3 aromatic carbocycles. The standard InChI is InChI=1S/C44H44BrF2N7O3/c1-25-23-51(17-18-53(25)29-8-10-31-36(21-29)54-35-6-4-5-32(45)40(35)42(57)50-43(54)44(31,2)3)24-26-7-11-37(48-22-26)52-15-13-27(14-16-52)28-19-33(46)39(34(47)20-28)30-9-12-38(55)49-41(30)56/h4-8,10-11,19-22,25,27,30H,9,12-18,23-24H2,1-3H3,(H,49,55,56)/t25-,30?/m1/s1. The summed E-state index contributed by atoms with van der Waals surface area (Å²) in [5.41, 5.74) is 5.09. The van der Waals surface area contributed by atoms with Crippen LogP contribution < -0.4 is 20.7 Å². The van der Waals surface area contributed by atoms with Gasteiger partial charge in [0.05, 0.1) is 27.9 Å². The molecule has 4 aliphatic heterocycles. The third kappa shape index (κ3) is 6.62. The Morgan fingerprint density at radius 3 is 2.40 bits per heavy atom. The van der Waals surface area contributed by atoms with Crippen LogP contribution in [-0.4, -0.2) is 70.0 Å². The average molecular weight is 837 g/mol. The van der Waals surface area contributed by atoms with Crippen LogP contribution in [0, 0.1) is 11.6 Å². The maximum atomic E-state index is 15.2. The topological polar surface area (TPSA) is 104 Å². The van der Waals surface area contributed by atoms with Crippen LogP contribution in [0.15, 0.2) is 76.1 Å². The van der Waals surface area contributed by atoms with E-state index in [0.717, 1.165) is 83.2 Å². The number of rotatable bonds is 6. The predicted octanol–water partition coefficient (Wildman–Crippen LogP) is 7.08. The highest BCUT2D eigenvalue weighted by atomic mass is 79.9. The molecule has 3 saturated heterocycles. The third-order valence-electron chi connectivity index (χ3n) is 12.6. The highest BCUT2D eigenvalue weighted by molar-refractivity contribution is 9.10. The van der Waals surface area contributed by atoms with E-state index >= 15 is 8.78 Å². The Morgan fingerprint density at radius 1 is 0.930 bits per heavy atom. The minimum absolute atomic E-state index is 0.00875. The van der Waals surface area contributed by atoms with Gasteiger partial charge in [-0.05, 0) is 121 Å². The molecule has 3 fully saturated rings. The van der Waals surface area contributed by atoms with Gasteiger partial charge in [0.25, 0.3) is 5.56 Å². The van der Waals surface area contributed by atoms with Crippen molar-refractivity contribution in [3.8, 4) is 5.69 Å². The van der Waals surface area contributed by atoms with Crippen LogP contribution in [0.3, 0.4) is 0 Å². The number of piperazine rings is 1. The van der Waals surface area contributed by atoms with Crippen LogP contribution >= 0.6 is 15.9 Å². The number of piperidine rings is 2. The minimum Gasteiger partial charge on any atom is -0.366 e. The van der Waals surface area contributed by atoms with E-state index in [1.54, 1.807) is 0 Å². The smallest absolute Gasteiger partial charge is 0.281 e. The first-order chi connectivity index (χ1) is 27.4. The number of halogens is 3. The summed E-state index contributed by atoms with van der Waals surface area (Å²) in [5, 5.41) is 2.78. The fourth-order valence-electron chi connectivity index (χ4n) is 9.52. The van der Waals surface area contributed by atoms with Gasteiger partial charge in [-0.1, -0.05) is 18.2 Å². The first-order valence-electron chi connectivity index (χ1n) is 19.8. The number of hydrogen-bond donors (Lipinski definition) is 1. The van der Waals surface area contributed by atoms with E-state index < -0.39 is 34.8 Å². The molecule has 10 nitrogen and oxygen atoms in total. The quantitative estimate of drug-likeness (QED) is 0.181. The van der Waals surface area contributed by atoms with Crippen LogP contribution in [0.25, 0.3) is 16.6 Å². The summed E-state index contributed by atoms with van der Waals surface area (Å²) in [6, 6.07) is 19.7. The number of imide groups is 1. The lowest BCUT2D eigenvalue weighted by Crippen LogP contribution is -2.51. The molecule has 13 heteroatoms. The van der Waals surface area contributed by atoms with Crippen molar-refractivity contribution < 1.29 is 18.4 Å². The van der Waals surface area contributed by atoms with Crippen molar-refractivity contribution >= 4 is 50.2 Å². The third-order valence-corrected chi connectivity index (χ3v) is 13.2. The summed E-state index contributed by atoms with van der Waals surface area (Å²) in [5.74, 6) is -1.88. The largest absolute Gasteiger partial charge is 0.366 e. The molecule has 2 atom stereocenters. The van der Waals surface area contributed by atoms with Gasteiger partial charge in [0.15, 0.2) is 0 Å². The Morgan fingerprint density at radius 2 is 1.70 bits per heavy atom. The van der Waals surface area contributed by atoms with E-state index in [1.165, 1.54) is 12.1 Å². The van der Waals surface area contributed by atoms with Gasteiger partial charge in [-0.2, -0.15) is 4.98 Å². The Bertz CT molecular complexity index is 2480. The fraction of sp³-hybridized carbons (Fsp3) is 0.386. The van der Waals surface area contributed by atoms with Crippen LogP contribution in [0.5, 0.6) is 0 Å². The van der Waals surface area contributed by atoms with E-state index in [4.69, 9.17) is 4.98 Å². The molecule has 57 heavy (non-hydrogen) atoms. The van der Waals surface area contributed by atoms with Crippen LogP contribution in [0.1, 0.15) is 86.4 Å². The molecule has 9 rings (SSSR count). The van der Waals surface area contributed by atoms with E-state index in [9.17, 15) is 14.4 Å². The van der Waals surface area contributed by atoms with Gasteiger partial charge < -0.3 is 9.80 Å². The summed E-state index contributed by atoms with van der Waals surface area (Å²) >= 11 is 3.58. The Hall–Kier alpha value is -5.01. The van der Waals surface area contributed by atoms with Gasteiger partial charge in [-0.3, -0.25) is 29.2 Å². The number of benzene rings is 3. The first-order valence-corrected chi connectivity index (χ1v) is 20.5. The maximum absolute atomic E-state index is 15.2. The number of aromatic nitrogens is 3. The number of fused-ring (bicyclic) bond motifs is 5. The first kappa shape index (κ1) is 37.6. The molecule has 2 amide bonds. The van der Waals surface area contributed by atoms with Crippen molar-refractivity contribution in [3.05, 3.63) is 121 Å². The molecule has 0 bridgehead atoms. The van der Waals surface area contributed by atoms with Crippen molar-refractivity contribution in [1.82, 2.24) is 24.8 Å². The monoisotopic (exact) mass is 835 g/mol. The molecular formula is C44H44BrF2N7O3. The number of hydrogen-bond acceptors (Lipinski definition) is 8. The predicted molar refractivity (Wildman–Crippen MR) is 219 cm³/mol. The van der Waals surface area contributed by atoms with E-state index in [2.05, 4.69) is 96.6 Å². The molecule has 1 unspecified atom stereocenters. The van der Waals surface area contributed by atoms with Crippen LogP contribution in [-0.2, 0) is 21.5 Å². The van der Waals surface area contributed by atoms with Gasteiger partial charge in [0, 0.05) is 73.7 Å². The van der Waals surface area contributed by atoms with E-state index in [-0.39, 0.29) is 35.9 Å². The molecule has 0 saturated carbocycles. The highest BCUT2D eigenvalue weighted by Crippen LogP contribution is 2.45. The summed E-state index contributed by atoms with van der Waals surface area (Å²) in [7, 11) is 0. The molecule has 294 valence electrons. The van der Waals surface area contributed by atoms with Gasteiger partial charge >= 0.3 is 0 Å². The van der Waals surface area contributed by atoms with Crippen molar-refractivity contribution in [3.63, 3.8) is 0 Å². The zero-order valence-electron chi connectivity index (χ0n) is 32.2. The van der Waals surface area contributed by atoms with Gasteiger partial charge in [-0.25, -0.2) is 13.8 Å². The molecule has 0 aliphatic carbocycles. The summed E-state index contributed by atoms with van der Waals surface area (Å²) in [4.78, 5) is 53.5. The number of anilines is 2. The van der Waals surface area contributed by atoms with Crippen molar-refractivity contribution in [1.29, 1.82) is 0 Å². The van der Waals surface area contributed by atoms with E-state index in [1.807, 2.05) is 24.4 Å². The SMILES string of the molecule is C[C@@H]1CN(Cc2ccc(N3CCC(c4cc(F)c(C5CCC(=O)NC5=O)c(F)c4)CC3)nc2)CCN1c1ccc2c(c1)-n1c(nc(=O)c3c(Br)cccc31)C2(C)C. The number of nitrogens with one attached hydrogen (secondary N) is 1. The second-order valence-corrected chi connectivity index (χ2v) is 17.4. The van der Waals surface area contributed by atoms with Crippen molar-refractivity contribution in [2.45, 2.75) is 76.3 Å². The molecule has 1 N–H and O–H groups in total. The second kappa shape index (κ2) is 14.4. The van der Waals surface area contributed by atoms with Gasteiger partial charge in [0.1, 0.15) is 23.3 Å². The molecule has 6 heterocycles. The van der Waals surface area contributed by atoms with Crippen molar-refractivity contribution in [2.75, 3.05) is 42.5 Å². The Labute approximate surface area is 338 Å². The van der Waals surface area contributed by atoms with Gasteiger partial charge in [0.2, 0.25) is 11.8 Å². The second-order valence-electron chi connectivity index (χ2n) is 16.5. The summed E-state index contributed by atoms with van der Waals surface area (Å²) in [6.07, 6.45) is 3.57. The van der Waals surface area contributed by atoms with E-state index in [0.29, 0.717) is 24.0 Å². The molecule has 2 aromatic heterocycles. The number of carbonyl (C=O) groups excluding carboxylic acids is 2. The normalized spacial score (nSPS) is 21.2. The average Bonchev–Trinajstić information content (AvgIpc) is 3.41. The number of nitrogens with zero attached hydrogens (tertiary/aromatic N) is 6. The lowest BCUT2D eigenvalue weighted by molar-refractivity contribution is -0.134. The number of carbonyl (C=O) groups is 2. The minimum atomic E-state index is -0.998. The molecule has 4 aliphatic rings. The lowest BCUT2D eigenvalue weighted by atomic mass is 9.85. The molecular weight excluding hydrogens is 792 g/mol. The lowest BCUT2D eigenvalue weighted by Gasteiger charge is -2.41.